The highest BCUT2D eigenvalue weighted by atomic mass is 32.2. The largest absolute Gasteiger partial charge is 0.342 e. The van der Waals surface area contributed by atoms with Crippen molar-refractivity contribution in [1.29, 1.82) is 0 Å². The first-order valence-corrected chi connectivity index (χ1v) is 13.9. The molecule has 0 aliphatic carbocycles. The third-order valence-corrected chi connectivity index (χ3v) is 8.08. The molecule has 184 valence electrons. The number of H-pyrrole nitrogens is 1. The molecule has 0 saturated heterocycles. The minimum Gasteiger partial charge on any atom is -0.342 e. The van der Waals surface area contributed by atoms with Gasteiger partial charge in [0, 0.05) is 16.4 Å². The van der Waals surface area contributed by atoms with Crippen molar-refractivity contribution in [3.05, 3.63) is 76.0 Å². The molecule has 3 nitrogen and oxygen atoms in total. The molecule has 1 aromatic carbocycles. The van der Waals surface area contributed by atoms with Crippen LogP contribution < -0.4 is 5.73 Å². The van der Waals surface area contributed by atoms with Gasteiger partial charge >= 0.3 is 0 Å². The van der Waals surface area contributed by atoms with Crippen LogP contribution in [0.5, 0.6) is 0 Å². The van der Waals surface area contributed by atoms with Gasteiger partial charge < -0.3 is 10.7 Å². The van der Waals surface area contributed by atoms with E-state index in [1.54, 1.807) is 0 Å². The van der Waals surface area contributed by atoms with Gasteiger partial charge in [-0.25, -0.2) is 4.98 Å². The second-order valence-electron chi connectivity index (χ2n) is 9.77. The van der Waals surface area contributed by atoms with Gasteiger partial charge in [-0.3, -0.25) is 0 Å². The highest BCUT2D eigenvalue weighted by molar-refractivity contribution is 8.06. The molecule has 2 aromatic rings. The van der Waals surface area contributed by atoms with Gasteiger partial charge in [0.25, 0.3) is 0 Å². The van der Waals surface area contributed by atoms with E-state index in [4.69, 9.17) is 10.7 Å². The van der Waals surface area contributed by atoms with Gasteiger partial charge in [0.2, 0.25) is 0 Å². The monoisotopic (exact) mass is 477 g/mol. The van der Waals surface area contributed by atoms with Crippen molar-refractivity contribution < 1.29 is 0 Å². The van der Waals surface area contributed by atoms with Crippen LogP contribution in [0.3, 0.4) is 0 Å². The number of imidazole rings is 1. The van der Waals surface area contributed by atoms with Crippen LogP contribution in [-0.4, -0.2) is 15.5 Å². The highest BCUT2D eigenvalue weighted by Gasteiger charge is 2.32. The van der Waals surface area contributed by atoms with E-state index in [1.165, 1.54) is 33.8 Å². The molecule has 0 unspecified atom stereocenters. The summed E-state index contributed by atoms with van der Waals surface area (Å²) >= 11 is 1.92. The third-order valence-electron chi connectivity index (χ3n) is 6.72. The van der Waals surface area contributed by atoms with Gasteiger partial charge in [0.1, 0.15) is 5.82 Å². The van der Waals surface area contributed by atoms with Crippen molar-refractivity contribution in [2.75, 3.05) is 0 Å². The van der Waals surface area contributed by atoms with E-state index < -0.39 is 0 Å². The molecular formula is C30H43N3S. The number of allylic oxidation sites excluding steroid dienone is 5. The quantitative estimate of drug-likeness (QED) is 0.340. The lowest BCUT2D eigenvalue weighted by molar-refractivity contribution is 0.410. The number of rotatable bonds is 11. The number of thioether (sulfide) groups is 1. The fourth-order valence-corrected chi connectivity index (χ4v) is 5.86. The molecule has 0 spiro atoms. The lowest BCUT2D eigenvalue weighted by atomic mass is 9.84. The van der Waals surface area contributed by atoms with E-state index in [0.717, 1.165) is 56.5 Å². The number of nitrogens with two attached hydrogens (primary N) is 1. The molecule has 1 atom stereocenters. The fourth-order valence-electron chi connectivity index (χ4n) is 4.65. The van der Waals surface area contributed by atoms with Gasteiger partial charge in [-0.1, -0.05) is 107 Å². The zero-order valence-electron chi connectivity index (χ0n) is 21.6. The predicted molar refractivity (Wildman–Crippen MR) is 150 cm³/mol. The smallest absolute Gasteiger partial charge is 0.109 e. The van der Waals surface area contributed by atoms with E-state index in [1.807, 2.05) is 24.0 Å². The molecule has 3 rings (SSSR count). The van der Waals surface area contributed by atoms with Gasteiger partial charge in [0.15, 0.2) is 0 Å². The zero-order chi connectivity index (χ0) is 24.4. The Morgan fingerprint density at radius 3 is 2.47 bits per heavy atom. The molecule has 0 bridgehead atoms. The Kier molecular flexibility index (Phi) is 10.3. The zero-order valence-corrected chi connectivity index (χ0v) is 22.4. The summed E-state index contributed by atoms with van der Waals surface area (Å²) in [5, 5.41) is 0. The van der Waals surface area contributed by atoms with Gasteiger partial charge in [0.05, 0.1) is 11.9 Å². The van der Waals surface area contributed by atoms with Crippen LogP contribution in [0.15, 0.2) is 70.1 Å². The molecule has 1 aromatic heterocycles. The van der Waals surface area contributed by atoms with Crippen molar-refractivity contribution in [3.63, 3.8) is 0 Å². The Morgan fingerprint density at radius 1 is 1.09 bits per heavy atom. The van der Waals surface area contributed by atoms with Crippen LogP contribution in [0.1, 0.15) is 97.2 Å². The number of nitrogens with one attached hydrogen (secondary N) is 1. The number of aromatic nitrogens is 2. The summed E-state index contributed by atoms with van der Waals surface area (Å²) in [5.74, 6) is 1.32. The highest BCUT2D eigenvalue weighted by Crippen LogP contribution is 2.43. The Balaban J connectivity index is 1.96. The van der Waals surface area contributed by atoms with Crippen LogP contribution in [0.25, 0.3) is 11.3 Å². The summed E-state index contributed by atoms with van der Waals surface area (Å²) in [6.07, 6.45) is 18.9. The van der Waals surface area contributed by atoms with Crippen LogP contribution in [0.2, 0.25) is 0 Å². The lowest BCUT2D eigenvalue weighted by Crippen LogP contribution is -2.41. The second-order valence-corrected chi connectivity index (χ2v) is 11.0. The molecule has 3 N–H and O–H groups in total. The maximum absolute atomic E-state index is 7.30. The van der Waals surface area contributed by atoms with Crippen LogP contribution in [0, 0.1) is 0 Å². The third kappa shape index (κ3) is 7.23. The Labute approximate surface area is 211 Å². The average Bonchev–Trinajstić information content (AvgIpc) is 3.37. The lowest BCUT2D eigenvalue weighted by Gasteiger charge is -2.34. The van der Waals surface area contributed by atoms with Crippen molar-refractivity contribution in [2.24, 2.45) is 5.73 Å². The minimum absolute atomic E-state index is 0.270. The van der Waals surface area contributed by atoms with Crippen LogP contribution in [-0.2, 0) is 0 Å². The molecule has 1 aliphatic heterocycles. The Hall–Kier alpha value is -2.04. The van der Waals surface area contributed by atoms with Crippen molar-refractivity contribution in [3.8, 4) is 11.3 Å². The summed E-state index contributed by atoms with van der Waals surface area (Å²) in [6, 6.07) is 10.4. The van der Waals surface area contributed by atoms with E-state index in [2.05, 4.69) is 75.2 Å². The molecule has 1 aliphatic rings. The van der Waals surface area contributed by atoms with E-state index >= 15 is 0 Å². The van der Waals surface area contributed by atoms with Crippen LogP contribution >= 0.6 is 11.8 Å². The van der Waals surface area contributed by atoms with Crippen LogP contribution in [0.4, 0.5) is 0 Å². The van der Waals surface area contributed by atoms with Crippen molar-refractivity contribution in [2.45, 2.75) is 96.9 Å². The van der Waals surface area contributed by atoms with E-state index in [-0.39, 0.29) is 11.5 Å². The molecule has 0 amide bonds. The summed E-state index contributed by atoms with van der Waals surface area (Å²) in [4.78, 5) is 11.1. The topological polar surface area (TPSA) is 54.7 Å². The van der Waals surface area contributed by atoms with Crippen molar-refractivity contribution in [1.82, 2.24) is 9.97 Å². The Bertz CT molecular complexity index is 975. The van der Waals surface area contributed by atoms with E-state index in [0.29, 0.717) is 0 Å². The number of hydrogen-bond acceptors (Lipinski definition) is 3. The van der Waals surface area contributed by atoms with E-state index in [9.17, 15) is 0 Å². The van der Waals surface area contributed by atoms with Crippen molar-refractivity contribution >= 4 is 11.8 Å². The summed E-state index contributed by atoms with van der Waals surface area (Å²) < 4.78 is 0. The number of unbranched alkanes of at least 4 members (excludes halogenated alkanes) is 2. The second kappa shape index (κ2) is 13.2. The normalized spacial score (nSPS) is 20.7. The SMILES string of the molecule is CCCCC(N)(CCCC)/C1=C(C[C@@H](C)c2ncc(-c3ccccc3)[nH]2)/C=C/CC/C=C(\C)S1. The summed E-state index contributed by atoms with van der Waals surface area (Å²) in [6.45, 7) is 9.05. The molecular weight excluding hydrogens is 434 g/mol. The first-order valence-electron chi connectivity index (χ1n) is 13.1. The van der Waals surface area contributed by atoms with Gasteiger partial charge in [-0.15, -0.1) is 0 Å². The predicted octanol–water partition coefficient (Wildman–Crippen LogP) is 8.89. The standard InChI is InChI=1S/C30H43N3S/c1-5-7-19-30(31,20-8-6-2)28-26(18-14-9-11-15-24(4)34-28)21-23(3)29-32-22-27(33-29)25-16-12-10-13-17-25/h10,12-18,22-23H,5-9,11,19-21,31H2,1-4H3,(H,32,33)/b18-14+,24-15+,28-26+/t23-/m1/s1. The number of aromatic amines is 1. The van der Waals surface area contributed by atoms with Gasteiger partial charge in [-0.05, 0) is 55.1 Å². The van der Waals surface area contributed by atoms with Gasteiger partial charge in [-0.2, -0.15) is 0 Å². The fraction of sp³-hybridized carbons (Fsp3) is 0.500. The number of benzene rings is 1. The maximum atomic E-state index is 7.30. The molecule has 4 heteroatoms. The summed E-state index contributed by atoms with van der Waals surface area (Å²) in [7, 11) is 0. The minimum atomic E-state index is -0.270. The summed E-state index contributed by atoms with van der Waals surface area (Å²) in [5.41, 5.74) is 10.7. The number of nitrogens with zero attached hydrogens (tertiary/aromatic N) is 1. The molecule has 0 fully saturated rings. The average molecular weight is 478 g/mol. The molecule has 34 heavy (non-hydrogen) atoms. The maximum Gasteiger partial charge on any atom is 0.109 e. The Morgan fingerprint density at radius 2 is 1.79 bits per heavy atom. The molecule has 2 heterocycles. The number of hydrogen-bond donors (Lipinski definition) is 2. The first-order chi connectivity index (χ1) is 16.5. The molecule has 0 saturated carbocycles. The molecule has 0 radical (unpaired) electrons. The first kappa shape index (κ1) is 26.6.